The lowest BCUT2D eigenvalue weighted by Crippen LogP contribution is -2.03. The van der Waals surface area contributed by atoms with E-state index in [2.05, 4.69) is 12.1 Å². The van der Waals surface area contributed by atoms with Gasteiger partial charge in [0, 0.05) is 11.3 Å². The molecule has 2 aromatic rings. The van der Waals surface area contributed by atoms with E-state index in [-0.39, 0.29) is 0 Å². The number of hydrogen-bond acceptors (Lipinski definition) is 2. The van der Waals surface area contributed by atoms with Gasteiger partial charge in [0.2, 0.25) is 0 Å². The monoisotopic (exact) mass is 229 g/mol. The van der Waals surface area contributed by atoms with Crippen LogP contribution in [0, 0.1) is 5.92 Å². The zero-order chi connectivity index (χ0) is 11.7. The van der Waals surface area contributed by atoms with Crippen molar-refractivity contribution in [3.63, 3.8) is 0 Å². The molecule has 1 aliphatic carbocycles. The van der Waals surface area contributed by atoms with E-state index in [9.17, 15) is 0 Å². The van der Waals surface area contributed by atoms with Crippen molar-refractivity contribution in [3.05, 3.63) is 35.9 Å². The first-order valence-electron chi connectivity index (χ1n) is 6.30. The van der Waals surface area contributed by atoms with Crippen molar-refractivity contribution < 1.29 is 9.15 Å². The Labute approximate surface area is 102 Å². The van der Waals surface area contributed by atoms with Crippen LogP contribution >= 0.6 is 0 Å². The van der Waals surface area contributed by atoms with Gasteiger partial charge in [0.15, 0.2) is 11.3 Å². The maximum Gasteiger partial charge on any atom is 0.176 e. The molecule has 0 aliphatic heterocycles. The van der Waals surface area contributed by atoms with Crippen LogP contribution in [-0.4, -0.2) is 7.11 Å². The van der Waals surface area contributed by atoms with E-state index in [0.717, 1.165) is 22.5 Å². The van der Waals surface area contributed by atoms with Gasteiger partial charge >= 0.3 is 0 Å². The highest BCUT2D eigenvalue weighted by atomic mass is 16.5. The van der Waals surface area contributed by atoms with Gasteiger partial charge in [-0.25, -0.2) is 0 Å². The summed E-state index contributed by atoms with van der Waals surface area (Å²) >= 11 is 0. The van der Waals surface area contributed by atoms with E-state index in [0.29, 0.717) is 0 Å². The maximum absolute atomic E-state index is 5.97. The standard InChI is InChI=1S/C15H17O2/c1-16-13-9-5-8-12-10-14(17-15(12)13)11-6-3-2-4-7-11/h5,8-10H,2-4,6-7H2,1H3. The smallest absolute Gasteiger partial charge is 0.176 e. The van der Waals surface area contributed by atoms with Gasteiger partial charge in [-0.3, -0.25) is 0 Å². The molecule has 0 N–H and O–H groups in total. The number of benzene rings is 1. The average molecular weight is 229 g/mol. The minimum absolute atomic E-state index is 0.824. The number of para-hydroxylation sites is 1. The highest BCUT2D eigenvalue weighted by Gasteiger charge is 2.20. The molecule has 0 spiro atoms. The first-order valence-corrected chi connectivity index (χ1v) is 6.30. The van der Waals surface area contributed by atoms with E-state index in [1.165, 1.54) is 38.0 Å². The second-order valence-corrected chi connectivity index (χ2v) is 4.65. The Morgan fingerprint density at radius 3 is 2.71 bits per heavy atom. The summed E-state index contributed by atoms with van der Waals surface area (Å²) in [6, 6.07) is 8.18. The molecule has 1 aromatic carbocycles. The van der Waals surface area contributed by atoms with Gasteiger partial charge in [0.1, 0.15) is 5.76 Å². The van der Waals surface area contributed by atoms with E-state index < -0.39 is 0 Å². The van der Waals surface area contributed by atoms with Crippen LogP contribution in [0.4, 0.5) is 0 Å². The number of rotatable bonds is 2. The molecule has 1 saturated carbocycles. The van der Waals surface area contributed by atoms with Crippen LogP contribution < -0.4 is 4.74 Å². The summed E-state index contributed by atoms with van der Waals surface area (Å²) in [7, 11) is 1.69. The average Bonchev–Trinajstić information content (AvgIpc) is 2.83. The highest BCUT2D eigenvalue weighted by Crippen LogP contribution is 2.37. The number of ether oxygens (including phenoxy) is 1. The highest BCUT2D eigenvalue weighted by molar-refractivity contribution is 5.84. The third kappa shape index (κ3) is 1.92. The Bertz CT molecular complexity index is 507. The predicted molar refractivity (Wildman–Crippen MR) is 68.2 cm³/mol. The SMILES string of the molecule is COc1cccc2cc([C]3CCCCC3)oc12. The summed E-state index contributed by atoms with van der Waals surface area (Å²) in [6.07, 6.45) is 6.31. The third-order valence-corrected chi connectivity index (χ3v) is 3.53. The molecule has 3 rings (SSSR count). The molecule has 2 heteroatoms. The topological polar surface area (TPSA) is 22.4 Å². The van der Waals surface area contributed by atoms with Crippen molar-refractivity contribution in [1.82, 2.24) is 0 Å². The summed E-state index contributed by atoms with van der Waals surface area (Å²) in [5.41, 5.74) is 0.878. The normalized spacial score (nSPS) is 17.5. The fourth-order valence-electron chi connectivity index (χ4n) is 2.60. The Hall–Kier alpha value is -1.44. The lowest BCUT2D eigenvalue weighted by atomic mass is 9.87. The maximum atomic E-state index is 5.97. The quantitative estimate of drug-likeness (QED) is 0.764. The van der Waals surface area contributed by atoms with E-state index in [1.54, 1.807) is 7.11 Å². The second-order valence-electron chi connectivity index (χ2n) is 4.65. The Morgan fingerprint density at radius 1 is 1.12 bits per heavy atom. The molecule has 17 heavy (non-hydrogen) atoms. The van der Waals surface area contributed by atoms with Crippen LogP contribution in [0.1, 0.15) is 37.9 Å². The summed E-state index contributed by atoms with van der Waals surface area (Å²) in [6.45, 7) is 0. The van der Waals surface area contributed by atoms with E-state index in [4.69, 9.17) is 9.15 Å². The first kappa shape index (κ1) is 10.7. The van der Waals surface area contributed by atoms with Gasteiger partial charge in [-0.05, 0) is 25.0 Å². The van der Waals surface area contributed by atoms with Crippen molar-refractivity contribution in [1.29, 1.82) is 0 Å². The number of hydrogen-bond donors (Lipinski definition) is 0. The van der Waals surface area contributed by atoms with Gasteiger partial charge in [0.05, 0.1) is 7.11 Å². The zero-order valence-corrected chi connectivity index (χ0v) is 10.2. The number of methoxy groups -OCH3 is 1. The lowest BCUT2D eigenvalue weighted by Gasteiger charge is -2.18. The van der Waals surface area contributed by atoms with Crippen molar-refractivity contribution in [2.45, 2.75) is 32.1 Å². The van der Waals surface area contributed by atoms with Crippen LogP contribution in [0.5, 0.6) is 5.75 Å². The first-order chi connectivity index (χ1) is 8.38. The Morgan fingerprint density at radius 2 is 1.94 bits per heavy atom. The summed E-state index contributed by atoms with van der Waals surface area (Å²) < 4.78 is 11.3. The Balaban J connectivity index is 2.00. The minimum Gasteiger partial charge on any atom is -0.493 e. The van der Waals surface area contributed by atoms with Gasteiger partial charge in [-0.1, -0.05) is 31.4 Å². The zero-order valence-electron chi connectivity index (χ0n) is 10.2. The van der Waals surface area contributed by atoms with Crippen LogP contribution in [-0.2, 0) is 0 Å². The molecule has 2 nitrogen and oxygen atoms in total. The molecule has 1 radical (unpaired) electrons. The summed E-state index contributed by atoms with van der Waals surface area (Å²) in [4.78, 5) is 0. The van der Waals surface area contributed by atoms with Gasteiger partial charge in [-0.2, -0.15) is 0 Å². The number of fused-ring (bicyclic) bond motifs is 1. The van der Waals surface area contributed by atoms with Crippen molar-refractivity contribution in [3.8, 4) is 5.75 Å². The largest absolute Gasteiger partial charge is 0.493 e. The molecule has 89 valence electrons. The van der Waals surface area contributed by atoms with Crippen molar-refractivity contribution in [2.75, 3.05) is 7.11 Å². The fraction of sp³-hybridized carbons (Fsp3) is 0.400. The lowest BCUT2D eigenvalue weighted by molar-refractivity contribution is 0.406. The molecule has 1 aromatic heterocycles. The molecular weight excluding hydrogens is 212 g/mol. The van der Waals surface area contributed by atoms with Gasteiger partial charge < -0.3 is 9.15 Å². The van der Waals surface area contributed by atoms with Crippen LogP contribution in [0.2, 0.25) is 0 Å². The third-order valence-electron chi connectivity index (χ3n) is 3.53. The van der Waals surface area contributed by atoms with Crippen molar-refractivity contribution in [2.24, 2.45) is 0 Å². The molecule has 0 amide bonds. The van der Waals surface area contributed by atoms with Crippen LogP contribution in [0.25, 0.3) is 11.0 Å². The molecule has 0 unspecified atom stereocenters. The van der Waals surface area contributed by atoms with Crippen LogP contribution in [0.3, 0.4) is 0 Å². The molecule has 0 atom stereocenters. The predicted octanol–water partition coefficient (Wildman–Crippen LogP) is 4.33. The van der Waals surface area contributed by atoms with Crippen LogP contribution in [0.15, 0.2) is 28.7 Å². The summed E-state index contributed by atoms with van der Waals surface area (Å²) in [5, 5.41) is 1.14. The minimum atomic E-state index is 0.824. The Kier molecular flexibility index (Phi) is 2.79. The van der Waals surface area contributed by atoms with E-state index >= 15 is 0 Å². The summed E-state index contributed by atoms with van der Waals surface area (Å²) in [5.74, 6) is 3.35. The fourth-order valence-corrected chi connectivity index (χ4v) is 2.60. The molecule has 1 fully saturated rings. The molecule has 0 bridgehead atoms. The molecular formula is C15H17O2. The second kappa shape index (κ2) is 4.44. The molecule has 1 heterocycles. The number of furan rings is 1. The van der Waals surface area contributed by atoms with E-state index in [1.807, 2.05) is 12.1 Å². The molecule has 0 saturated heterocycles. The van der Waals surface area contributed by atoms with Crippen molar-refractivity contribution >= 4 is 11.0 Å². The van der Waals surface area contributed by atoms with Gasteiger partial charge in [0.25, 0.3) is 0 Å². The van der Waals surface area contributed by atoms with Gasteiger partial charge in [-0.15, -0.1) is 0 Å². The molecule has 1 aliphatic rings.